The van der Waals surface area contributed by atoms with E-state index in [1.54, 1.807) is 35.8 Å². The lowest BCUT2D eigenvalue weighted by Gasteiger charge is -2.04. The van der Waals surface area contributed by atoms with Gasteiger partial charge in [-0.05, 0) is 12.1 Å². The predicted octanol–water partition coefficient (Wildman–Crippen LogP) is 0.767. The summed E-state index contributed by atoms with van der Waals surface area (Å²) < 4.78 is 3.48. The first kappa shape index (κ1) is 10.7. The van der Waals surface area contributed by atoms with Crippen molar-refractivity contribution in [2.24, 2.45) is 0 Å². The van der Waals surface area contributed by atoms with Gasteiger partial charge in [0.05, 0.1) is 18.1 Å². The number of rotatable bonds is 2. The smallest absolute Gasteiger partial charge is 0.161 e. The van der Waals surface area contributed by atoms with Crippen molar-refractivity contribution in [2.45, 2.75) is 0 Å². The van der Waals surface area contributed by atoms with Crippen LogP contribution in [-0.2, 0) is 0 Å². The van der Waals surface area contributed by atoms with E-state index in [-0.39, 0.29) is 0 Å². The highest BCUT2D eigenvalue weighted by molar-refractivity contribution is 5.74. The maximum Gasteiger partial charge on any atom is 0.161 e. The van der Waals surface area contributed by atoms with E-state index in [4.69, 9.17) is 0 Å². The molecule has 0 atom stereocenters. The summed E-state index contributed by atoms with van der Waals surface area (Å²) in [5, 5.41) is 12.1. The number of fused-ring (bicyclic) bond motifs is 1. The summed E-state index contributed by atoms with van der Waals surface area (Å²) in [6.07, 6.45) is 9.85. The second-order valence-electron chi connectivity index (χ2n) is 4.06. The van der Waals surface area contributed by atoms with Gasteiger partial charge in [-0.25, -0.2) is 19.5 Å². The van der Waals surface area contributed by atoms with Gasteiger partial charge in [-0.1, -0.05) is 0 Å². The van der Waals surface area contributed by atoms with Crippen molar-refractivity contribution in [2.75, 3.05) is 0 Å². The van der Waals surface area contributed by atoms with Crippen LogP contribution in [-0.4, -0.2) is 39.3 Å². The fourth-order valence-electron chi connectivity index (χ4n) is 2.02. The van der Waals surface area contributed by atoms with E-state index in [0.717, 1.165) is 16.9 Å². The Bertz CT molecular complexity index is 863. The first-order chi connectivity index (χ1) is 9.93. The molecule has 0 unspecified atom stereocenters. The third-order valence-electron chi connectivity index (χ3n) is 2.91. The van der Waals surface area contributed by atoms with Crippen molar-refractivity contribution < 1.29 is 0 Å². The Morgan fingerprint density at radius 1 is 1.05 bits per heavy atom. The monoisotopic (exact) mass is 264 g/mol. The van der Waals surface area contributed by atoms with Gasteiger partial charge in [0.15, 0.2) is 5.82 Å². The van der Waals surface area contributed by atoms with Crippen LogP contribution in [0, 0.1) is 0 Å². The average Bonchev–Trinajstić information content (AvgIpc) is 3.14. The fraction of sp³-hybridized carbons (Fsp3) is 0. The van der Waals surface area contributed by atoms with Crippen molar-refractivity contribution in [3.63, 3.8) is 0 Å². The summed E-state index contributed by atoms with van der Waals surface area (Å²) in [7, 11) is 0. The van der Waals surface area contributed by atoms with Crippen LogP contribution in [0.15, 0.2) is 49.7 Å². The minimum atomic E-state index is 0.679. The van der Waals surface area contributed by atoms with E-state index in [9.17, 15) is 0 Å². The van der Waals surface area contributed by atoms with Gasteiger partial charge in [-0.15, -0.1) is 5.10 Å². The van der Waals surface area contributed by atoms with Crippen LogP contribution in [0.4, 0.5) is 0 Å². The number of hydrogen-bond acceptors (Lipinski definition) is 6. The molecule has 8 nitrogen and oxygen atoms in total. The Labute approximate surface area is 112 Å². The summed E-state index contributed by atoms with van der Waals surface area (Å²) in [6, 6.07) is 3.67. The lowest BCUT2D eigenvalue weighted by molar-refractivity contribution is 0.892. The molecule has 8 heteroatoms. The Kier molecular flexibility index (Phi) is 2.25. The predicted molar refractivity (Wildman–Crippen MR) is 68.9 cm³/mol. The first-order valence-electron chi connectivity index (χ1n) is 5.87. The highest BCUT2D eigenvalue weighted by Crippen LogP contribution is 2.23. The standard InChI is InChI=1S/C12H8N8/c1-2-11(18-16-3-1)19-7-14-4-9(19)12-10-5-13-6-17-20(10)8-15-12/h1-8H. The van der Waals surface area contributed by atoms with Crippen molar-refractivity contribution in [3.8, 4) is 17.2 Å². The normalized spacial score (nSPS) is 11.0. The molecule has 4 aromatic rings. The van der Waals surface area contributed by atoms with E-state index in [1.165, 1.54) is 6.33 Å². The molecule has 4 aromatic heterocycles. The fourth-order valence-corrected chi connectivity index (χ4v) is 2.02. The molecule has 4 rings (SSSR count). The largest absolute Gasteiger partial charge is 0.280 e. The summed E-state index contributed by atoms with van der Waals surface area (Å²) in [5.74, 6) is 0.679. The Balaban J connectivity index is 1.94. The van der Waals surface area contributed by atoms with Crippen molar-refractivity contribution in [1.29, 1.82) is 0 Å². The molecular weight excluding hydrogens is 256 g/mol. The van der Waals surface area contributed by atoms with Gasteiger partial charge in [-0.2, -0.15) is 10.2 Å². The summed E-state index contributed by atoms with van der Waals surface area (Å²) in [4.78, 5) is 12.6. The van der Waals surface area contributed by atoms with E-state index in [2.05, 4.69) is 30.2 Å². The maximum absolute atomic E-state index is 4.38. The molecule has 96 valence electrons. The molecule has 0 aromatic carbocycles. The molecule has 0 spiro atoms. The van der Waals surface area contributed by atoms with Gasteiger partial charge < -0.3 is 0 Å². The van der Waals surface area contributed by atoms with Crippen molar-refractivity contribution in [1.82, 2.24) is 39.3 Å². The summed E-state index contributed by atoms with van der Waals surface area (Å²) in [5.41, 5.74) is 2.36. The molecular formula is C12H8N8. The SMILES string of the molecule is c1cnnc(-n2cncc2-c2ncn3ncncc23)c1. The zero-order valence-corrected chi connectivity index (χ0v) is 10.2. The summed E-state index contributed by atoms with van der Waals surface area (Å²) >= 11 is 0. The molecule has 0 N–H and O–H groups in total. The number of hydrogen-bond donors (Lipinski definition) is 0. The van der Waals surface area contributed by atoms with E-state index >= 15 is 0 Å². The van der Waals surface area contributed by atoms with Gasteiger partial charge in [0, 0.05) is 6.20 Å². The maximum atomic E-state index is 4.38. The zero-order valence-electron chi connectivity index (χ0n) is 10.2. The molecule has 0 aliphatic carbocycles. The van der Waals surface area contributed by atoms with Crippen LogP contribution in [0.25, 0.3) is 22.7 Å². The van der Waals surface area contributed by atoms with Gasteiger partial charge in [0.2, 0.25) is 0 Å². The number of imidazole rings is 2. The van der Waals surface area contributed by atoms with Gasteiger partial charge in [0.1, 0.15) is 30.2 Å². The van der Waals surface area contributed by atoms with Crippen LogP contribution in [0.3, 0.4) is 0 Å². The molecule has 0 aliphatic heterocycles. The Morgan fingerprint density at radius 3 is 2.95 bits per heavy atom. The highest BCUT2D eigenvalue weighted by atomic mass is 15.3. The van der Waals surface area contributed by atoms with Crippen LogP contribution < -0.4 is 0 Å². The van der Waals surface area contributed by atoms with E-state index in [1.807, 2.05) is 16.7 Å². The number of nitrogens with zero attached hydrogens (tertiary/aromatic N) is 8. The molecule has 0 saturated carbocycles. The van der Waals surface area contributed by atoms with Crippen LogP contribution in [0.1, 0.15) is 0 Å². The van der Waals surface area contributed by atoms with E-state index < -0.39 is 0 Å². The third-order valence-corrected chi connectivity index (χ3v) is 2.91. The third kappa shape index (κ3) is 1.55. The lowest BCUT2D eigenvalue weighted by atomic mass is 10.3. The van der Waals surface area contributed by atoms with Gasteiger partial charge >= 0.3 is 0 Å². The van der Waals surface area contributed by atoms with Crippen LogP contribution >= 0.6 is 0 Å². The molecule has 0 amide bonds. The van der Waals surface area contributed by atoms with Gasteiger partial charge in [0.25, 0.3) is 0 Å². The Hall–Kier alpha value is -3.16. The zero-order chi connectivity index (χ0) is 13.4. The highest BCUT2D eigenvalue weighted by Gasteiger charge is 2.14. The topological polar surface area (TPSA) is 86.7 Å². The minimum absolute atomic E-state index is 0.679. The molecule has 0 bridgehead atoms. The molecule has 4 heterocycles. The average molecular weight is 264 g/mol. The van der Waals surface area contributed by atoms with Gasteiger partial charge in [-0.3, -0.25) is 4.57 Å². The molecule has 0 radical (unpaired) electrons. The second-order valence-corrected chi connectivity index (χ2v) is 4.06. The van der Waals surface area contributed by atoms with E-state index in [0.29, 0.717) is 5.82 Å². The molecule has 0 saturated heterocycles. The molecule has 0 fully saturated rings. The molecule has 20 heavy (non-hydrogen) atoms. The first-order valence-corrected chi connectivity index (χ1v) is 5.87. The van der Waals surface area contributed by atoms with Crippen molar-refractivity contribution in [3.05, 3.63) is 49.7 Å². The molecule has 0 aliphatic rings. The Morgan fingerprint density at radius 2 is 2.05 bits per heavy atom. The quantitative estimate of drug-likeness (QED) is 0.531. The second kappa shape index (κ2) is 4.19. The van der Waals surface area contributed by atoms with Crippen LogP contribution in [0.2, 0.25) is 0 Å². The van der Waals surface area contributed by atoms with Crippen molar-refractivity contribution >= 4 is 5.52 Å². The number of aromatic nitrogens is 8. The minimum Gasteiger partial charge on any atom is -0.280 e. The lowest BCUT2D eigenvalue weighted by Crippen LogP contribution is -1.99. The van der Waals surface area contributed by atoms with Crippen LogP contribution in [0.5, 0.6) is 0 Å². The summed E-state index contributed by atoms with van der Waals surface area (Å²) in [6.45, 7) is 0.